The van der Waals surface area contributed by atoms with Crippen LogP contribution in [-0.4, -0.2) is 22.1 Å². The summed E-state index contributed by atoms with van der Waals surface area (Å²) in [6.45, 7) is 3.08. The van der Waals surface area contributed by atoms with Crippen LogP contribution in [0.3, 0.4) is 0 Å². The molecule has 19 heavy (non-hydrogen) atoms. The third-order valence-electron chi connectivity index (χ3n) is 2.57. The lowest BCUT2D eigenvalue weighted by Crippen LogP contribution is -2.16. The van der Waals surface area contributed by atoms with Crippen LogP contribution in [0.1, 0.15) is 42.8 Å². The average Bonchev–Trinajstić information content (AvgIpc) is 2.93. The summed E-state index contributed by atoms with van der Waals surface area (Å²) in [6.07, 6.45) is 1.03. The Bertz CT molecular complexity index is 780. The van der Waals surface area contributed by atoms with Crippen molar-refractivity contribution in [3.8, 4) is 0 Å². The number of hydrogen-bond acceptors (Lipinski definition) is 3. The molecular weight excluding hydrogens is 247 g/mol. The van der Waals surface area contributed by atoms with Gasteiger partial charge in [-0.25, -0.2) is 9.78 Å². The summed E-state index contributed by atoms with van der Waals surface area (Å²) in [6, 6.07) is -3.29. The number of nitrogens with zero attached hydrogens (tertiary/aromatic N) is 2. The third-order valence-corrected chi connectivity index (χ3v) is 2.57. The topological polar surface area (TPSA) is 44.1 Å². The Hall–Kier alpha value is -2.17. The second-order valence-electron chi connectivity index (χ2n) is 3.73. The number of imidazole rings is 1. The van der Waals surface area contributed by atoms with Gasteiger partial charge in [-0.2, -0.15) is 4.39 Å². The molecule has 1 aromatic heterocycles. The van der Waals surface area contributed by atoms with Gasteiger partial charge in [-0.15, -0.1) is 0 Å². The molecule has 1 heterocycles. The number of aromatic nitrogens is 2. The van der Waals surface area contributed by atoms with Crippen LogP contribution in [0, 0.1) is 5.95 Å². The monoisotopic (exact) mass is 267 g/mol. The lowest BCUT2D eigenvalue weighted by atomic mass is 10.1. The molecule has 0 aliphatic carbocycles. The van der Waals surface area contributed by atoms with Crippen LogP contribution in [-0.2, 0) is 4.74 Å². The number of benzene rings is 1. The molecule has 100 valence electrons. The maximum absolute atomic E-state index is 13.9. The molecule has 2 aromatic rings. The zero-order valence-electron chi connectivity index (χ0n) is 15.5. The summed E-state index contributed by atoms with van der Waals surface area (Å²) in [5, 5.41) is 0. The van der Waals surface area contributed by atoms with E-state index in [4.69, 9.17) is 11.6 Å². The first-order valence-corrected chi connectivity index (χ1v) is 5.68. The highest BCUT2D eigenvalue weighted by Gasteiger charge is 2.23. The van der Waals surface area contributed by atoms with Crippen LogP contribution in [0.4, 0.5) is 4.39 Å². The predicted molar refractivity (Wildman–Crippen MR) is 68.4 cm³/mol. The Morgan fingerprint density at radius 3 is 2.84 bits per heavy atom. The Kier molecular flexibility index (Phi) is 2.40. The Morgan fingerprint density at radius 2 is 2.21 bits per heavy atom. The Balaban J connectivity index is 2.64. The molecule has 0 radical (unpaired) electrons. The first-order valence-electron chi connectivity index (χ1n) is 8.18. The van der Waals surface area contributed by atoms with Crippen molar-refractivity contribution in [2.45, 2.75) is 19.9 Å². The minimum absolute atomic E-state index is 0.0342. The molecule has 0 unspecified atom stereocenters. The van der Waals surface area contributed by atoms with Gasteiger partial charge in [-0.3, -0.25) is 0 Å². The van der Waals surface area contributed by atoms with E-state index in [9.17, 15) is 9.18 Å². The van der Waals surface area contributed by atoms with E-state index in [1.54, 1.807) is 6.92 Å². The standard InChI is InChI=1S/C14H15FN2O2/c1-3-19-14(18)12-13(15)16-9-17(12)10(2)11-7-5-4-6-8-11/h4-10H,3H2,1-2H3/t10-/m1/s1/i4D,5D,6D,7D,8D. The van der Waals surface area contributed by atoms with Crippen LogP contribution in [0.2, 0.25) is 0 Å². The number of carbonyl (C=O) groups is 1. The summed E-state index contributed by atoms with van der Waals surface area (Å²) < 4.78 is 58.7. The van der Waals surface area contributed by atoms with Crippen molar-refractivity contribution < 1.29 is 20.8 Å². The summed E-state index contributed by atoms with van der Waals surface area (Å²) in [5.74, 6) is -1.99. The highest BCUT2D eigenvalue weighted by molar-refractivity contribution is 5.87. The fraction of sp³-hybridized carbons (Fsp3) is 0.286. The summed E-state index contributed by atoms with van der Waals surface area (Å²) in [7, 11) is 0. The Labute approximate surface area is 117 Å². The van der Waals surface area contributed by atoms with Gasteiger partial charge >= 0.3 is 5.97 Å². The number of hydrogen-bond donors (Lipinski definition) is 0. The molecule has 0 bridgehead atoms. The number of esters is 1. The molecule has 5 heteroatoms. The minimum Gasteiger partial charge on any atom is -0.461 e. The van der Waals surface area contributed by atoms with E-state index in [0.717, 1.165) is 10.9 Å². The summed E-state index contributed by atoms with van der Waals surface area (Å²) in [4.78, 5) is 15.4. The molecule has 1 atom stereocenters. The van der Waals surface area contributed by atoms with Crippen molar-refractivity contribution in [3.05, 3.63) is 53.7 Å². The molecule has 0 spiro atoms. The molecule has 0 N–H and O–H groups in total. The van der Waals surface area contributed by atoms with Gasteiger partial charge in [0.15, 0.2) is 5.69 Å². The number of ether oxygens (including phenoxy) is 1. The second-order valence-corrected chi connectivity index (χ2v) is 3.73. The largest absolute Gasteiger partial charge is 0.461 e. The van der Waals surface area contributed by atoms with Gasteiger partial charge in [0.1, 0.15) is 0 Å². The zero-order chi connectivity index (χ0) is 18.2. The Morgan fingerprint density at radius 1 is 1.53 bits per heavy atom. The number of carbonyl (C=O) groups excluding carboxylic acids is 1. The van der Waals surface area contributed by atoms with Gasteiger partial charge in [-0.05, 0) is 19.4 Å². The molecular formula is C14H15FN2O2. The molecule has 1 aromatic carbocycles. The molecule has 0 fully saturated rings. The lowest BCUT2D eigenvalue weighted by Gasteiger charge is -2.16. The van der Waals surface area contributed by atoms with Gasteiger partial charge in [-0.1, -0.05) is 30.2 Å². The predicted octanol–water partition coefficient (Wildman–Crippen LogP) is 2.81. The second kappa shape index (κ2) is 5.65. The van der Waals surface area contributed by atoms with Crippen LogP contribution >= 0.6 is 0 Å². The van der Waals surface area contributed by atoms with Crippen molar-refractivity contribution in [1.82, 2.24) is 9.55 Å². The van der Waals surface area contributed by atoms with Crippen molar-refractivity contribution >= 4 is 5.97 Å². The molecule has 0 saturated heterocycles. The molecule has 4 nitrogen and oxygen atoms in total. The maximum Gasteiger partial charge on any atom is 0.359 e. The van der Waals surface area contributed by atoms with E-state index < -0.39 is 53.9 Å². The fourth-order valence-electron chi connectivity index (χ4n) is 1.63. The van der Waals surface area contributed by atoms with Crippen molar-refractivity contribution in [1.29, 1.82) is 0 Å². The minimum atomic E-state index is -1.05. The molecule has 0 aliphatic heterocycles. The van der Waals surface area contributed by atoms with Gasteiger partial charge in [0.2, 0.25) is 5.95 Å². The first-order chi connectivity index (χ1) is 11.2. The van der Waals surface area contributed by atoms with Gasteiger partial charge in [0.05, 0.1) is 25.8 Å². The van der Waals surface area contributed by atoms with E-state index in [1.807, 2.05) is 0 Å². The quantitative estimate of drug-likeness (QED) is 0.800. The van der Waals surface area contributed by atoms with E-state index in [0.29, 0.717) is 0 Å². The third kappa shape index (κ3) is 2.65. The highest BCUT2D eigenvalue weighted by atomic mass is 19.1. The molecule has 0 amide bonds. The van der Waals surface area contributed by atoms with Crippen molar-refractivity contribution in [3.63, 3.8) is 0 Å². The van der Waals surface area contributed by atoms with E-state index in [-0.39, 0.29) is 12.2 Å². The molecule has 2 rings (SSSR count). The van der Waals surface area contributed by atoms with Crippen LogP contribution in [0.5, 0.6) is 0 Å². The van der Waals surface area contributed by atoms with Crippen LogP contribution < -0.4 is 0 Å². The van der Waals surface area contributed by atoms with Crippen molar-refractivity contribution in [2.75, 3.05) is 6.61 Å². The number of halogens is 1. The molecule has 0 saturated carbocycles. The zero-order valence-corrected chi connectivity index (χ0v) is 10.5. The van der Waals surface area contributed by atoms with Gasteiger partial charge in [0, 0.05) is 0 Å². The van der Waals surface area contributed by atoms with Gasteiger partial charge < -0.3 is 9.30 Å². The summed E-state index contributed by atoms with van der Waals surface area (Å²) in [5.41, 5.74) is -0.528. The normalized spacial score (nSPS) is 15.8. The lowest BCUT2D eigenvalue weighted by molar-refractivity contribution is 0.0506. The van der Waals surface area contributed by atoms with E-state index >= 15 is 0 Å². The van der Waals surface area contributed by atoms with Crippen LogP contribution in [0.15, 0.2) is 36.5 Å². The highest BCUT2D eigenvalue weighted by Crippen LogP contribution is 2.21. The number of rotatable bonds is 4. The SMILES string of the molecule is [2H]c1c([2H])c([2H])c([C@@H](C)n2cnc(F)c2C(=O)OCC)c([2H])c1[2H]. The van der Waals surface area contributed by atoms with E-state index in [2.05, 4.69) is 4.98 Å². The first kappa shape index (κ1) is 8.09. The van der Waals surface area contributed by atoms with Crippen molar-refractivity contribution in [2.24, 2.45) is 0 Å². The fourth-order valence-corrected chi connectivity index (χ4v) is 1.63. The smallest absolute Gasteiger partial charge is 0.359 e. The van der Waals surface area contributed by atoms with Crippen LogP contribution in [0.25, 0.3) is 0 Å². The van der Waals surface area contributed by atoms with Gasteiger partial charge in [0.25, 0.3) is 0 Å². The summed E-state index contributed by atoms with van der Waals surface area (Å²) >= 11 is 0. The van der Waals surface area contributed by atoms with E-state index in [1.165, 1.54) is 6.92 Å². The maximum atomic E-state index is 13.9. The molecule has 0 aliphatic rings. The average molecular weight is 267 g/mol.